The topological polar surface area (TPSA) is 139 Å². The number of carbonyl (C=O) groups excluding carboxylic acids is 1. The first kappa shape index (κ1) is 25.5. The second-order valence-electron chi connectivity index (χ2n) is 7.89. The molecule has 1 amide bonds. The molecule has 182 valence electrons. The summed E-state index contributed by atoms with van der Waals surface area (Å²) in [4.78, 5) is 22.0. The highest BCUT2D eigenvalue weighted by molar-refractivity contribution is 6.02. The van der Waals surface area contributed by atoms with E-state index < -0.39 is 6.29 Å². The molecule has 0 aliphatic heterocycles. The van der Waals surface area contributed by atoms with Crippen LogP contribution < -0.4 is 5.73 Å². The number of ether oxygens (including phenoxy) is 1. The zero-order valence-corrected chi connectivity index (χ0v) is 20.1. The van der Waals surface area contributed by atoms with Crippen molar-refractivity contribution >= 4 is 24.0 Å². The van der Waals surface area contributed by atoms with Crippen LogP contribution in [0.3, 0.4) is 0 Å². The molecular formula is C25H28N6O4. The molecule has 1 unspecified atom stereocenters. The molecule has 0 radical (unpaired) electrons. The summed E-state index contributed by atoms with van der Waals surface area (Å²) in [6, 6.07) is 14.4. The minimum atomic E-state index is -0.843. The Hall–Kier alpha value is -4.15. The van der Waals surface area contributed by atoms with E-state index in [1.54, 1.807) is 52.2 Å². The number of amides is 1. The van der Waals surface area contributed by atoms with Crippen LogP contribution in [0.15, 0.2) is 68.8 Å². The maximum atomic E-state index is 12.1. The van der Waals surface area contributed by atoms with E-state index in [0.29, 0.717) is 16.8 Å². The van der Waals surface area contributed by atoms with E-state index in [9.17, 15) is 9.90 Å². The van der Waals surface area contributed by atoms with E-state index in [2.05, 4.69) is 26.9 Å². The van der Waals surface area contributed by atoms with Crippen LogP contribution in [0.25, 0.3) is 17.2 Å². The Labute approximate surface area is 203 Å². The highest BCUT2D eigenvalue weighted by atomic mass is 16.6. The average molecular weight is 477 g/mol. The number of carbonyl (C=O) groups is 1. The summed E-state index contributed by atoms with van der Waals surface area (Å²) in [5.74, 6) is 0.306. The van der Waals surface area contributed by atoms with Crippen LogP contribution in [0, 0.1) is 0 Å². The van der Waals surface area contributed by atoms with Crippen LogP contribution in [0.1, 0.15) is 41.2 Å². The lowest BCUT2D eigenvalue weighted by molar-refractivity contribution is -0.0939. The van der Waals surface area contributed by atoms with Gasteiger partial charge in [0.2, 0.25) is 5.89 Å². The van der Waals surface area contributed by atoms with Gasteiger partial charge in [0.1, 0.15) is 0 Å². The number of aliphatic hydroxyl groups excluding tert-OH is 1. The largest absolute Gasteiger partial charge is 0.414 e. The molecule has 0 spiro atoms. The van der Waals surface area contributed by atoms with Gasteiger partial charge in [-0.2, -0.15) is 0 Å². The van der Waals surface area contributed by atoms with Crippen LogP contribution in [-0.2, 0) is 11.3 Å². The summed E-state index contributed by atoms with van der Waals surface area (Å²) in [6.45, 7) is 7.10. The van der Waals surface area contributed by atoms with Gasteiger partial charge in [-0.25, -0.2) is 9.98 Å². The quantitative estimate of drug-likeness (QED) is 0.357. The van der Waals surface area contributed by atoms with E-state index in [1.807, 2.05) is 24.3 Å². The number of nitrogens with two attached hydrogens (primary N) is 1. The van der Waals surface area contributed by atoms with Gasteiger partial charge in [-0.1, -0.05) is 24.3 Å². The van der Waals surface area contributed by atoms with E-state index >= 15 is 0 Å². The fraction of sp³-hybridized carbons (Fsp3) is 0.240. The number of hydrogen-bond donors (Lipinski definition) is 2. The number of hydrogen-bond acceptors (Lipinski definition) is 9. The minimum absolute atomic E-state index is 0.0320. The first-order valence-electron chi connectivity index (χ1n) is 10.8. The summed E-state index contributed by atoms with van der Waals surface area (Å²) in [7, 11) is 3.40. The molecule has 0 saturated heterocycles. The average Bonchev–Trinajstić information content (AvgIpc) is 3.35. The number of aromatic nitrogens is 2. The van der Waals surface area contributed by atoms with Gasteiger partial charge in [0.15, 0.2) is 17.8 Å². The molecule has 3 rings (SSSR count). The van der Waals surface area contributed by atoms with E-state index in [0.717, 1.165) is 11.1 Å². The molecule has 10 nitrogen and oxygen atoms in total. The van der Waals surface area contributed by atoms with Crippen molar-refractivity contribution < 1.29 is 19.1 Å². The number of nitrogens with zero attached hydrogens (tertiary/aromatic N) is 5. The SMILES string of the molecule is C=N/C(N)=C(\N=C(/C)c1ccc(C(=O)N(C)C)cc1)c1nnc(-c2ccc(COC(C)O)cc2)o1. The van der Waals surface area contributed by atoms with Crippen LogP contribution in [0.2, 0.25) is 0 Å². The first-order valence-corrected chi connectivity index (χ1v) is 10.8. The fourth-order valence-electron chi connectivity index (χ4n) is 3.03. The highest BCUT2D eigenvalue weighted by Gasteiger charge is 2.17. The third-order valence-corrected chi connectivity index (χ3v) is 4.97. The fourth-order valence-corrected chi connectivity index (χ4v) is 3.03. The van der Waals surface area contributed by atoms with Crippen molar-refractivity contribution in [3.63, 3.8) is 0 Å². The molecule has 0 aliphatic carbocycles. The maximum Gasteiger partial charge on any atom is 0.270 e. The Balaban J connectivity index is 1.86. The summed E-state index contributed by atoms with van der Waals surface area (Å²) < 4.78 is 11.0. The van der Waals surface area contributed by atoms with Crippen LogP contribution in [-0.4, -0.2) is 58.9 Å². The Morgan fingerprint density at radius 2 is 1.77 bits per heavy atom. The van der Waals surface area contributed by atoms with Crippen LogP contribution in [0.4, 0.5) is 0 Å². The molecule has 3 N–H and O–H groups in total. The van der Waals surface area contributed by atoms with Crippen molar-refractivity contribution in [3.05, 3.63) is 76.9 Å². The summed E-state index contributed by atoms with van der Waals surface area (Å²) in [5.41, 5.74) is 9.75. The summed E-state index contributed by atoms with van der Waals surface area (Å²) in [6.07, 6.45) is -0.843. The molecule has 35 heavy (non-hydrogen) atoms. The van der Waals surface area contributed by atoms with Crippen LogP contribution >= 0.6 is 0 Å². The molecule has 1 atom stereocenters. The predicted octanol–water partition coefficient (Wildman–Crippen LogP) is 3.09. The lowest BCUT2D eigenvalue weighted by atomic mass is 10.1. The lowest BCUT2D eigenvalue weighted by Gasteiger charge is -2.10. The van der Waals surface area contributed by atoms with Gasteiger partial charge in [0.25, 0.3) is 11.8 Å². The second kappa shape index (κ2) is 11.3. The number of aliphatic hydroxyl groups is 1. The summed E-state index contributed by atoms with van der Waals surface area (Å²) >= 11 is 0. The van der Waals surface area contributed by atoms with Gasteiger partial charge >= 0.3 is 0 Å². The molecule has 2 aromatic carbocycles. The monoisotopic (exact) mass is 476 g/mol. The van der Waals surface area contributed by atoms with Crippen molar-refractivity contribution in [1.29, 1.82) is 0 Å². The predicted molar refractivity (Wildman–Crippen MR) is 134 cm³/mol. The molecule has 10 heteroatoms. The van der Waals surface area contributed by atoms with Gasteiger partial charge in [-0.15, -0.1) is 10.2 Å². The summed E-state index contributed by atoms with van der Waals surface area (Å²) in [5, 5.41) is 17.4. The molecule has 0 bridgehead atoms. The van der Waals surface area contributed by atoms with Gasteiger partial charge in [0.05, 0.1) is 6.61 Å². The normalized spacial score (nSPS) is 13.2. The zero-order valence-electron chi connectivity index (χ0n) is 20.1. The van der Waals surface area contributed by atoms with Crippen molar-refractivity contribution in [1.82, 2.24) is 15.1 Å². The number of aliphatic imine (C=N–C) groups is 2. The number of benzene rings is 2. The molecule has 1 heterocycles. The molecule has 0 saturated carbocycles. The molecule has 0 aliphatic rings. The van der Waals surface area contributed by atoms with E-state index in [-0.39, 0.29) is 35.8 Å². The standard InChI is InChI=1S/C25H28N6O4/c1-15(18-10-12-20(13-11-18)25(33)31(4)5)28-21(22(26)27-3)24-30-29-23(35-24)19-8-6-17(7-9-19)14-34-16(2)32/h6-13,16,32H,3,14,26H2,1-2,4-5H3/b22-21-,28-15+. The third-order valence-electron chi connectivity index (χ3n) is 4.97. The van der Waals surface area contributed by atoms with E-state index in [1.165, 1.54) is 4.90 Å². The van der Waals surface area contributed by atoms with Crippen molar-refractivity contribution in [2.45, 2.75) is 26.7 Å². The first-order chi connectivity index (χ1) is 16.7. The van der Waals surface area contributed by atoms with E-state index in [4.69, 9.17) is 14.9 Å². The maximum absolute atomic E-state index is 12.1. The van der Waals surface area contributed by atoms with Crippen molar-refractivity contribution in [3.8, 4) is 11.5 Å². The van der Waals surface area contributed by atoms with Crippen molar-refractivity contribution in [2.75, 3.05) is 14.1 Å². The smallest absolute Gasteiger partial charge is 0.270 e. The third kappa shape index (κ3) is 6.46. The molecular weight excluding hydrogens is 448 g/mol. The van der Waals surface area contributed by atoms with Gasteiger partial charge in [-0.3, -0.25) is 4.79 Å². The highest BCUT2D eigenvalue weighted by Crippen LogP contribution is 2.25. The number of rotatable bonds is 9. The minimum Gasteiger partial charge on any atom is -0.414 e. The molecule has 1 aromatic heterocycles. The van der Waals surface area contributed by atoms with Gasteiger partial charge < -0.3 is 24.9 Å². The Morgan fingerprint density at radius 3 is 2.34 bits per heavy atom. The molecule has 0 fully saturated rings. The van der Waals surface area contributed by atoms with Gasteiger partial charge in [0, 0.05) is 30.9 Å². The Morgan fingerprint density at radius 1 is 1.14 bits per heavy atom. The Bertz CT molecular complexity index is 1240. The lowest BCUT2D eigenvalue weighted by Crippen LogP contribution is -2.21. The molecule has 3 aromatic rings. The van der Waals surface area contributed by atoms with Crippen molar-refractivity contribution in [2.24, 2.45) is 15.7 Å². The zero-order chi connectivity index (χ0) is 25.5. The van der Waals surface area contributed by atoms with Gasteiger partial charge in [-0.05, 0) is 56.0 Å². The van der Waals surface area contributed by atoms with Crippen LogP contribution in [0.5, 0.6) is 0 Å². The Kier molecular flexibility index (Phi) is 8.24. The second-order valence-corrected chi connectivity index (χ2v) is 7.89.